The molecule has 1 heterocycles. The Labute approximate surface area is 245 Å². The maximum absolute atomic E-state index is 13.6. The molecular weight excluding hydrogens is 575 g/mol. The summed E-state index contributed by atoms with van der Waals surface area (Å²) in [5.41, 5.74) is 2.02. The van der Waals surface area contributed by atoms with Crippen molar-refractivity contribution in [1.82, 2.24) is 14.0 Å². The number of benzene rings is 2. The van der Waals surface area contributed by atoms with Gasteiger partial charge in [0, 0.05) is 30.7 Å². The van der Waals surface area contributed by atoms with Gasteiger partial charge in [0.1, 0.15) is 6.04 Å². The number of carbonyl (C=O) groups is 2. The van der Waals surface area contributed by atoms with Crippen molar-refractivity contribution < 1.29 is 22.7 Å². The van der Waals surface area contributed by atoms with Crippen LogP contribution in [0.1, 0.15) is 48.3 Å². The number of halogens is 2. The smallest absolute Gasteiger partial charge is 0.324 e. The minimum atomic E-state index is -4.11. The van der Waals surface area contributed by atoms with Gasteiger partial charge in [0.15, 0.2) is 0 Å². The van der Waals surface area contributed by atoms with E-state index in [0.29, 0.717) is 11.3 Å². The van der Waals surface area contributed by atoms with Crippen LogP contribution in [-0.2, 0) is 26.2 Å². The van der Waals surface area contributed by atoms with E-state index in [-0.39, 0.29) is 34.5 Å². The van der Waals surface area contributed by atoms with E-state index in [1.807, 2.05) is 51.1 Å². The number of anilines is 1. The molecule has 9 nitrogen and oxygen atoms in total. The first-order chi connectivity index (χ1) is 18.9. The maximum Gasteiger partial charge on any atom is 0.324 e. The molecule has 0 radical (unpaired) electrons. The maximum atomic E-state index is 13.6. The van der Waals surface area contributed by atoms with E-state index >= 15 is 0 Å². The van der Waals surface area contributed by atoms with Gasteiger partial charge in [-0.1, -0.05) is 79.5 Å². The molecule has 0 aliphatic rings. The number of esters is 1. The van der Waals surface area contributed by atoms with Crippen LogP contribution in [-0.4, -0.2) is 49.3 Å². The quantitative estimate of drug-likeness (QED) is 0.271. The molecule has 1 amide bonds. The zero-order chi connectivity index (χ0) is 29.4. The largest absolute Gasteiger partial charge is 0.468 e. The second kappa shape index (κ2) is 14.0. The Morgan fingerprint density at radius 1 is 0.975 bits per heavy atom. The van der Waals surface area contributed by atoms with Crippen molar-refractivity contribution in [1.29, 1.82) is 0 Å². The Morgan fingerprint density at radius 3 is 2.12 bits per heavy atom. The number of methoxy groups -OCH3 is 1. The van der Waals surface area contributed by atoms with Gasteiger partial charge in [-0.05, 0) is 42.5 Å². The van der Waals surface area contributed by atoms with Crippen LogP contribution in [0.4, 0.5) is 5.69 Å². The minimum absolute atomic E-state index is 0.0252. The zero-order valence-electron chi connectivity index (χ0n) is 22.6. The van der Waals surface area contributed by atoms with Crippen molar-refractivity contribution in [3.8, 4) is 0 Å². The van der Waals surface area contributed by atoms with Gasteiger partial charge in [-0.2, -0.15) is 17.4 Å². The highest BCUT2D eigenvalue weighted by atomic mass is 35.5. The summed E-state index contributed by atoms with van der Waals surface area (Å²) in [4.78, 5) is 29.1. The first-order valence-electron chi connectivity index (χ1n) is 12.5. The third-order valence-corrected chi connectivity index (χ3v) is 8.32. The monoisotopic (exact) mass is 606 g/mol. The molecule has 0 bridgehead atoms. The first-order valence-corrected chi connectivity index (χ1v) is 14.7. The number of ether oxygens (including phenoxy) is 1. The number of aromatic nitrogens is 1. The highest BCUT2D eigenvalue weighted by molar-refractivity contribution is 7.87. The van der Waals surface area contributed by atoms with Crippen LogP contribution in [0.5, 0.6) is 0 Å². The van der Waals surface area contributed by atoms with Crippen molar-refractivity contribution in [2.24, 2.45) is 5.92 Å². The second-order valence-electron chi connectivity index (χ2n) is 9.58. The van der Waals surface area contributed by atoms with E-state index < -0.39 is 34.2 Å². The molecule has 2 N–H and O–H groups in total. The first kappa shape index (κ1) is 31.5. The SMILES string of the molecule is COC(=O)[C@H](Cc1ccc(NC(=O)c2c(Cl)cncc2Cl)cc1)NS(=O)(=O)N(CC(C)C)[C@H](C)c1ccccc1. The summed E-state index contributed by atoms with van der Waals surface area (Å²) in [6.45, 7) is 5.91. The van der Waals surface area contributed by atoms with Gasteiger partial charge in [-0.25, -0.2) is 0 Å². The molecule has 0 unspecified atom stereocenters. The van der Waals surface area contributed by atoms with Crippen LogP contribution in [0.2, 0.25) is 10.0 Å². The summed E-state index contributed by atoms with van der Waals surface area (Å²) in [5, 5.41) is 2.94. The van der Waals surface area contributed by atoms with E-state index in [0.717, 1.165) is 5.56 Å². The Hall–Kier alpha value is -3.02. The normalized spacial score (nSPS) is 13.2. The molecule has 2 aromatic carbocycles. The molecule has 0 aliphatic heterocycles. The molecule has 2 atom stereocenters. The van der Waals surface area contributed by atoms with Crippen molar-refractivity contribution in [3.63, 3.8) is 0 Å². The minimum Gasteiger partial charge on any atom is -0.468 e. The van der Waals surface area contributed by atoms with Crippen LogP contribution >= 0.6 is 23.2 Å². The van der Waals surface area contributed by atoms with Gasteiger partial charge in [-0.15, -0.1) is 0 Å². The summed E-state index contributed by atoms with van der Waals surface area (Å²) in [6.07, 6.45) is 2.67. The Bertz CT molecular complexity index is 1400. The number of pyridine rings is 1. The van der Waals surface area contributed by atoms with E-state index in [2.05, 4.69) is 15.0 Å². The van der Waals surface area contributed by atoms with Crippen LogP contribution in [0.25, 0.3) is 0 Å². The molecule has 1 aromatic heterocycles. The molecule has 12 heteroatoms. The lowest BCUT2D eigenvalue weighted by Crippen LogP contribution is -2.51. The van der Waals surface area contributed by atoms with Crippen molar-refractivity contribution in [2.45, 2.75) is 39.3 Å². The van der Waals surface area contributed by atoms with Crippen molar-refractivity contribution >= 4 is 51.0 Å². The third-order valence-electron chi connectivity index (χ3n) is 6.08. The van der Waals surface area contributed by atoms with Gasteiger partial charge in [0.25, 0.3) is 16.1 Å². The molecule has 0 saturated heterocycles. The summed E-state index contributed by atoms with van der Waals surface area (Å²) in [6, 6.07) is 14.2. The Morgan fingerprint density at radius 2 is 1.57 bits per heavy atom. The topological polar surface area (TPSA) is 118 Å². The third kappa shape index (κ3) is 8.25. The van der Waals surface area contributed by atoms with E-state index in [9.17, 15) is 18.0 Å². The molecular formula is C28H32Cl2N4O5S. The van der Waals surface area contributed by atoms with Gasteiger partial charge in [0.2, 0.25) is 0 Å². The average molecular weight is 608 g/mol. The van der Waals surface area contributed by atoms with E-state index in [4.69, 9.17) is 27.9 Å². The van der Waals surface area contributed by atoms with Crippen LogP contribution in [0.3, 0.4) is 0 Å². The number of nitrogens with zero attached hydrogens (tertiary/aromatic N) is 2. The number of nitrogens with one attached hydrogen (secondary N) is 2. The summed E-state index contributed by atoms with van der Waals surface area (Å²) in [5.74, 6) is -1.19. The van der Waals surface area contributed by atoms with Gasteiger partial charge >= 0.3 is 5.97 Å². The molecule has 0 fully saturated rings. The number of hydrogen-bond acceptors (Lipinski definition) is 6. The Balaban J connectivity index is 1.78. The highest BCUT2D eigenvalue weighted by Gasteiger charge is 2.33. The predicted octanol–water partition coefficient (Wildman–Crippen LogP) is 5.28. The van der Waals surface area contributed by atoms with E-state index in [1.165, 1.54) is 23.8 Å². The lowest BCUT2D eigenvalue weighted by molar-refractivity contribution is -0.142. The number of hydrogen-bond donors (Lipinski definition) is 2. The van der Waals surface area contributed by atoms with Crippen molar-refractivity contribution in [3.05, 3.63) is 93.7 Å². The van der Waals surface area contributed by atoms with Crippen LogP contribution < -0.4 is 10.0 Å². The number of rotatable bonds is 12. The zero-order valence-corrected chi connectivity index (χ0v) is 24.9. The fraction of sp³-hybridized carbons (Fsp3) is 0.321. The van der Waals surface area contributed by atoms with Gasteiger partial charge < -0.3 is 10.1 Å². The molecule has 3 rings (SSSR count). The molecule has 0 aliphatic carbocycles. The van der Waals surface area contributed by atoms with Crippen molar-refractivity contribution in [2.75, 3.05) is 19.0 Å². The van der Waals surface area contributed by atoms with Crippen LogP contribution in [0.15, 0.2) is 67.0 Å². The molecule has 0 saturated carbocycles. The average Bonchev–Trinajstić information content (AvgIpc) is 2.91. The fourth-order valence-electron chi connectivity index (χ4n) is 4.07. The molecule has 40 heavy (non-hydrogen) atoms. The fourth-order valence-corrected chi connectivity index (χ4v) is 6.31. The number of carbonyl (C=O) groups excluding carboxylic acids is 2. The van der Waals surface area contributed by atoms with Crippen LogP contribution in [0, 0.1) is 5.92 Å². The Kier molecular flexibility index (Phi) is 11.1. The molecule has 0 spiro atoms. The molecule has 3 aromatic rings. The lowest BCUT2D eigenvalue weighted by atomic mass is 10.1. The lowest BCUT2D eigenvalue weighted by Gasteiger charge is -2.31. The predicted molar refractivity (Wildman–Crippen MR) is 157 cm³/mol. The summed E-state index contributed by atoms with van der Waals surface area (Å²) >= 11 is 12.1. The summed E-state index contributed by atoms with van der Waals surface area (Å²) < 4.78 is 36.0. The van der Waals surface area contributed by atoms with E-state index in [1.54, 1.807) is 24.3 Å². The van der Waals surface area contributed by atoms with Gasteiger partial charge in [-0.3, -0.25) is 14.6 Å². The molecule has 214 valence electrons. The second-order valence-corrected chi connectivity index (χ2v) is 12.1. The highest BCUT2D eigenvalue weighted by Crippen LogP contribution is 2.26. The summed E-state index contributed by atoms with van der Waals surface area (Å²) in [7, 11) is -2.90. The standard InChI is InChI=1S/C28H32Cl2N4O5S/c1-18(2)17-34(19(3)21-8-6-5-7-9-21)40(37,38)33-25(28(36)39-4)14-20-10-12-22(13-11-20)32-27(35)26-23(29)15-31-16-24(26)30/h5-13,15-16,18-19,25,33H,14,17H2,1-4H3,(H,32,35)/t19-,25+/m1/s1. The van der Waals surface area contributed by atoms with Gasteiger partial charge in [0.05, 0.1) is 22.7 Å². The number of amides is 1.